The highest BCUT2D eigenvalue weighted by molar-refractivity contribution is 5.79. The van der Waals surface area contributed by atoms with E-state index in [1.54, 1.807) is 6.92 Å². The number of ether oxygens (including phenoxy) is 7. The lowest BCUT2D eigenvalue weighted by molar-refractivity contribution is -0.144. The normalized spacial score (nSPS) is 12.1. The van der Waals surface area contributed by atoms with Gasteiger partial charge in [0.05, 0.1) is 79.1 Å². The van der Waals surface area contributed by atoms with E-state index in [0.717, 1.165) is 0 Å². The van der Waals surface area contributed by atoms with Crippen molar-refractivity contribution in [3.63, 3.8) is 0 Å². The SMILES string of the molecule is CCOC(=O)CCOCCOCCOCCOCCOCCNC(=O)OCC1c2ccccc2-c2ccccc21. The number of benzene rings is 2. The molecule has 0 aliphatic heterocycles. The van der Waals surface area contributed by atoms with E-state index in [-0.39, 0.29) is 24.9 Å². The van der Waals surface area contributed by atoms with E-state index in [1.807, 2.05) is 24.3 Å². The molecule has 10 nitrogen and oxygen atoms in total. The van der Waals surface area contributed by atoms with Crippen LogP contribution in [0.1, 0.15) is 30.4 Å². The van der Waals surface area contributed by atoms with E-state index in [2.05, 4.69) is 29.6 Å². The van der Waals surface area contributed by atoms with Crippen LogP contribution in [-0.2, 0) is 38.0 Å². The second kappa shape index (κ2) is 19.1. The zero-order valence-electron chi connectivity index (χ0n) is 23.3. The van der Waals surface area contributed by atoms with Crippen molar-refractivity contribution in [3.05, 3.63) is 59.7 Å². The summed E-state index contributed by atoms with van der Waals surface area (Å²) in [7, 11) is 0. The predicted molar refractivity (Wildman–Crippen MR) is 148 cm³/mol. The lowest BCUT2D eigenvalue weighted by Gasteiger charge is -2.14. The van der Waals surface area contributed by atoms with Crippen LogP contribution in [0.3, 0.4) is 0 Å². The molecule has 0 spiro atoms. The summed E-state index contributed by atoms with van der Waals surface area (Å²) in [6, 6.07) is 16.5. The number of rotatable bonds is 21. The molecule has 0 atom stereocenters. The number of carbonyl (C=O) groups excluding carboxylic acids is 2. The van der Waals surface area contributed by atoms with Crippen LogP contribution in [0.5, 0.6) is 0 Å². The van der Waals surface area contributed by atoms with Crippen LogP contribution in [0, 0.1) is 0 Å². The van der Waals surface area contributed by atoms with Crippen molar-refractivity contribution in [2.24, 2.45) is 0 Å². The molecule has 0 aromatic heterocycles. The standard InChI is InChI=1S/C30H41NO9/c1-2-39-29(32)11-13-34-15-17-36-19-21-38-22-20-37-18-16-35-14-12-31-30(33)40-23-28-26-9-5-3-7-24(26)25-8-4-6-10-27(25)28/h3-10,28H,2,11-23H2,1H3,(H,31,33). The molecule has 40 heavy (non-hydrogen) atoms. The van der Waals surface area contributed by atoms with E-state index in [4.69, 9.17) is 33.2 Å². The molecular formula is C30H41NO9. The molecule has 10 heteroatoms. The minimum absolute atomic E-state index is 0.0397. The molecule has 0 saturated carbocycles. The summed E-state index contributed by atoms with van der Waals surface area (Å²) in [5.41, 5.74) is 4.77. The van der Waals surface area contributed by atoms with Crippen LogP contribution in [0.15, 0.2) is 48.5 Å². The van der Waals surface area contributed by atoms with Crippen molar-refractivity contribution in [1.29, 1.82) is 0 Å². The number of esters is 1. The minimum Gasteiger partial charge on any atom is -0.466 e. The third kappa shape index (κ3) is 11.2. The lowest BCUT2D eigenvalue weighted by Crippen LogP contribution is -2.29. The number of carbonyl (C=O) groups is 2. The Kier molecular flexibility index (Phi) is 15.1. The van der Waals surface area contributed by atoms with Gasteiger partial charge < -0.3 is 38.5 Å². The van der Waals surface area contributed by atoms with Crippen molar-refractivity contribution >= 4 is 12.1 Å². The van der Waals surface area contributed by atoms with Crippen molar-refractivity contribution < 1.29 is 42.7 Å². The Bertz CT molecular complexity index is 971. The molecule has 1 amide bonds. The maximum Gasteiger partial charge on any atom is 0.407 e. The molecule has 2 aromatic carbocycles. The van der Waals surface area contributed by atoms with Gasteiger partial charge in [-0.2, -0.15) is 0 Å². The third-order valence-electron chi connectivity index (χ3n) is 6.10. The summed E-state index contributed by atoms with van der Waals surface area (Å²) in [5, 5.41) is 2.73. The van der Waals surface area contributed by atoms with Gasteiger partial charge in [0.15, 0.2) is 0 Å². The summed E-state index contributed by atoms with van der Waals surface area (Å²) in [6.45, 7) is 7.06. The Hall–Kier alpha value is -3.02. The molecule has 0 heterocycles. The smallest absolute Gasteiger partial charge is 0.407 e. The fourth-order valence-corrected chi connectivity index (χ4v) is 4.25. The van der Waals surface area contributed by atoms with Gasteiger partial charge in [0, 0.05) is 12.5 Å². The molecule has 0 unspecified atom stereocenters. The predicted octanol–water partition coefficient (Wildman–Crippen LogP) is 3.56. The lowest BCUT2D eigenvalue weighted by atomic mass is 9.98. The molecule has 0 saturated heterocycles. The quantitative estimate of drug-likeness (QED) is 0.181. The topological polar surface area (TPSA) is 111 Å². The van der Waals surface area contributed by atoms with Crippen molar-refractivity contribution in [1.82, 2.24) is 5.32 Å². The van der Waals surface area contributed by atoms with Gasteiger partial charge in [-0.05, 0) is 29.2 Å². The summed E-state index contributed by atoms with van der Waals surface area (Å²) < 4.78 is 37.4. The second-order valence-corrected chi connectivity index (χ2v) is 8.87. The van der Waals surface area contributed by atoms with E-state index in [9.17, 15) is 9.59 Å². The Morgan fingerprint density at radius 3 is 1.65 bits per heavy atom. The van der Waals surface area contributed by atoms with Crippen LogP contribution < -0.4 is 5.32 Å². The summed E-state index contributed by atoms with van der Waals surface area (Å²) in [4.78, 5) is 23.3. The second-order valence-electron chi connectivity index (χ2n) is 8.87. The molecule has 0 fully saturated rings. The van der Waals surface area contributed by atoms with Crippen molar-refractivity contribution in [3.8, 4) is 11.1 Å². The van der Waals surface area contributed by atoms with E-state index < -0.39 is 6.09 Å². The monoisotopic (exact) mass is 559 g/mol. The highest BCUT2D eigenvalue weighted by atomic mass is 16.6. The molecular weight excluding hydrogens is 518 g/mol. The first kappa shape index (κ1) is 31.5. The fourth-order valence-electron chi connectivity index (χ4n) is 4.25. The number of amides is 1. The number of nitrogens with one attached hydrogen (secondary N) is 1. The van der Waals surface area contributed by atoms with Gasteiger partial charge in [-0.25, -0.2) is 4.79 Å². The molecule has 1 N–H and O–H groups in total. The summed E-state index contributed by atoms with van der Waals surface area (Å²) in [5.74, 6) is -0.216. The molecule has 0 radical (unpaired) electrons. The third-order valence-corrected chi connectivity index (χ3v) is 6.10. The zero-order valence-corrected chi connectivity index (χ0v) is 23.3. The molecule has 3 rings (SSSR count). The molecule has 1 aliphatic carbocycles. The van der Waals surface area contributed by atoms with Gasteiger partial charge in [-0.1, -0.05) is 48.5 Å². The van der Waals surface area contributed by atoms with Crippen LogP contribution in [0.2, 0.25) is 0 Å². The largest absolute Gasteiger partial charge is 0.466 e. The van der Waals surface area contributed by atoms with Crippen LogP contribution in [0.4, 0.5) is 4.79 Å². The summed E-state index contributed by atoms with van der Waals surface area (Å²) in [6.07, 6.45) is -0.204. The van der Waals surface area contributed by atoms with Crippen LogP contribution in [0.25, 0.3) is 11.1 Å². The molecule has 1 aliphatic rings. The highest BCUT2D eigenvalue weighted by Gasteiger charge is 2.28. The first-order chi connectivity index (χ1) is 19.7. The fraction of sp³-hybridized carbons (Fsp3) is 0.533. The minimum atomic E-state index is -0.454. The Morgan fingerprint density at radius 1 is 0.650 bits per heavy atom. The number of hydrogen-bond acceptors (Lipinski definition) is 9. The van der Waals surface area contributed by atoms with Crippen LogP contribution in [-0.4, -0.2) is 97.9 Å². The van der Waals surface area contributed by atoms with E-state index in [0.29, 0.717) is 79.2 Å². The van der Waals surface area contributed by atoms with Crippen molar-refractivity contribution in [2.45, 2.75) is 19.3 Å². The van der Waals surface area contributed by atoms with Gasteiger partial charge in [-0.15, -0.1) is 0 Å². The number of fused-ring (bicyclic) bond motifs is 3. The number of hydrogen-bond donors (Lipinski definition) is 1. The van der Waals surface area contributed by atoms with Gasteiger partial charge in [0.1, 0.15) is 6.61 Å². The van der Waals surface area contributed by atoms with Gasteiger partial charge in [-0.3, -0.25) is 4.79 Å². The Balaban J connectivity index is 1.08. The van der Waals surface area contributed by atoms with Gasteiger partial charge >= 0.3 is 12.1 Å². The maximum absolute atomic E-state index is 12.2. The average Bonchev–Trinajstić information content (AvgIpc) is 3.29. The zero-order chi connectivity index (χ0) is 28.3. The Labute approximate surface area is 236 Å². The maximum atomic E-state index is 12.2. The van der Waals surface area contributed by atoms with Gasteiger partial charge in [0.2, 0.25) is 0 Å². The van der Waals surface area contributed by atoms with Crippen LogP contribution >= 0.6 is 0 Å². The van der Waals surface area contributed by atoms with Crippen molar-refractivity contribution in [2.75, 3.05) is 85.8 Å². The van der Waals surface area contributed by atoms with Gasteiger partial charge in [0.25, 0.3) is 0 Å². The average molecular weight is 560 g/mol. The summed E-state index contributed by atoms with van der Waals surface area (Å²) >= 11 is 0. The first-order valence-corrected chi connectivity index (χ1v) is 13.8. The number of alkyl carbamates (subject to hydrolysis) is 1. The highest BCUT2D eigenvalue weighted by Crippen LogP contribution is 2.44. The molecule has 2 aromatic rings. The van der Waals surface area contributed by atoms with E-state index in [1.165, 1.54) is 22.3 Å². The van der Waals surface area contributed by atoms with E-state index >= 15 is 0 Å². The Morgan fingerprint density at radius 2 is 1.12 bits per heavy atom. The molecule has 0 bridgehead atoms. The first-order valence-electron chi connectivity index (χ1n) is 13.8. The molecule has 220 valence electrons.